The predicted molar refractivity (Wildman–Crippen MR) is 123 cm³/mol. The molecule has 2 aliphatic heterocycles. The number of carbonyl (C=O) groups is 1. The highest BCUT2D eigenvalue weighted by molar-refractivity contribution is 7.89. The number of aromatic nitrogens is 3. The van der Waals surface area contributed by atoms with Gasteiger partial charge in [0.2, 0.25) is 16.0 Å². The van der Waals surface area contributed by atoms with Gasteiger partial charge in [-0.1, -0.05) is 18.0 Å². The smallest absolute Gasteiger partial charge is 0.272 e. The molecule has 0 aromatic carbocycles. The first-order valence-corrected chi connectivity index (χ1v) is 13.2. The summed E-state index contributed by atoms with van der Waals surface area (Å²) in [6.45, 7) is 5.86. The SMILES string of the molecule is Cc1oncc1S(=O)(=O)N1CCC(Nc2ncc3c(n2)N(C2CCCC2)C(=O)C(C)(C)O3)CC1. The number of nitrogens with one attached hydrogen (secondary N) is 1. The van der Waals surface area contributed by atoms with Crippen molar-refractivity contribution in [3.63, 3.8) is 0 Å². The third-order valence-electron chi connectivity index (χ3n) is 6.86. The van der Waals surface area contributed by atoms with Gasteiger partial charge in [-0.2, -0.15) is 9.29 Å². The summed E-state index contributed by atoms with van der Waals surface area (Å²) in [6.07, 6.45) is 8.15. The quantitative estimate of drug-likeness (QED) is 0.671. The second kappa shape index (κ2) is 8.49. The highest BCUT2D eigenvalue weighted by atomic mass is 32.2. The van der Waals surface area contributed by atoms with Crippen molar-refractivity contribution in [2.24, 2.45) is 0 Å². The number of piperidine rings is 1. The largest absolute Gasteiger partial charge is 0.472 e. The lowest BCUT2D eigenvalue weighted by Crippen LogP contribution is -2.56. The van der Waals surface area contributed by atoms with Gasteiger partial charge in [-0.05, 0) is 46.5 Å². The number of amides is 1. The van der Waals surface area contributed by atoms with Crippen LogP contribution >= 0.6 is 0 Å². The fraction of sp³-hybridized carbons (Fsp3) is 0.636. The Labute approximate surface area is 198 Å². The van der Waals surface area contributed by atoms with E-state index in [0.29, 0.717) is 43.4 Å². The summed E-state index contributed by atoms with van der Waals surface area (Å²) in [5, 5.41) is 6.92. The van der Waals surface area contributed by atoms with Crippen LogP contribution in [-0.2, 0) is 14.8 Å². The number of hydrogen-bond donors (Lipinski definition) is 1. The molecule has 0 atom stereocenters. The summed E-state index contributed by atoms with van der Waals surface area (Å²) < 4.78 is 38.1. The first-order valence-electron chi connectivity index (χ1n) is 11.7. The van der Waals surface area contributed by atoms with E-state index < -0.39 is 15.6 Å². The molecule has 11 nitrogen and oxygen atoms in total. The number of rotatable bonds is 5. The predicted octanol–water partition coefficient (Wildman–Crippen LogP) is 2.48. The number of aryl methyl sites for hydroxylation is 1. The van der Waals surface area contributed by atoms with Gasteiger partial charge in [0.15, 0.2) is 22.9 Å². The molecule has 1 N–H and O–H groups in total. The van der Waals surface area contributed by atoms with E-state index in [9.17, 15) is 13.2 Å². The van der Waals surface area contributed by atoms with Gasteiger partial charge in [-0.3, -0.25) is 9.69 Å². The van der Waals surface area contributed by atoms with Gasteiger partial charge < -0.3 is 14.6 Å². The van der Waals surface area contributed by atoms with E-state index in [0.717, 1.165) is 25.7 Å². The van der Waals surface area contributed by atoms with Crippen LogP contribution in [0.2, 0.25) is 0 Å². The lowest BCUT2D eigenvalue weighted by Gasteiger charge is -2.40. The highest BCUT2D eigenvalue weighted by Crippen LogP contribution is 2.40. The minimum atomic E-state index is -3.63. The van der Waals surface area contributed by atoms with Crippen molar-refractivity contribution in [1.82, 2.24) is 19.4 Å². The molecule has 34 heavy (non-hydrogen) atoms. The molecule has 2 fully saturated rings. The van der Waals surface area contributed by atoms with Gasteiger partial charge in [-0.15, -0.1) is 0 Å². The molecule has 0 bridgehead atoms. The molecular formula is C22H30N6O5S. The maximum atomic E-state index is 13.2. The molecule has 5 rings (SSSR count). The van der Waals surface area contributed by atoms with Crippen molar-refractivity contribution < 1.29 is 22.5 Å². The summed E-state index contributed by atoms with van der Waals surface area (Å²) in [7, 11) is -3.63. The summed E-state index contributed by atoms with van der Waals surface area (Å²) >= 11 is 0. The molecule has 0 spiro atoms. The van der Waals surface area contributed by atoms with Gasteiger partial charge in [-0.25, -0.2) is 13.4 Å². The maximum absolute atomic E-state index is 13.2. The Balaban J connectivity index is 1.30. The lowest BCUT2D eigenvalue weighted by atomic mass is 10.0. The van der Waals surface area contributed by atoms with E-state index in [-0.39, 0.29) is 28.6 Å². The van der Waals surface area contributed by atoms with Crippen molar-refractivity contribution in [2.75, 3.05) is 23.3 Å². The molecule has 1 saturated heterocycles. The molecule has 184 valence electrons. The number of carbonyl (C=O) groups excluding carboxylic acids is 1. The molecule has 12 heteroatoms. The molecule has 2 aromatic rings. The maximum Gasteiger partial charge on any atom is 0.272 e. The molecule has 4 heterocycles. The van der Waals surface area contributed by atoms with E-state index in [2.05, 4.69) is 20.4 Å². The normalized spacial score (nSPS) is 22.0. The minimum Gasteiger partial charge on any atom is -0.472 e. The highest BCUT2D eigenvalue weighted by Gasteiger charge is 2.45. The average molecular weight is 491 g/mol. The summed E-state index contributed by atoms with van der Waals surface area (Å²) in [6, 6.07) is 0.121. The van der Waals surface area contributed by atoms with Crippen LogP contribution in [0, 0.1) is 6.92 Å². The molecule has 1 saturated carbocycles. The van der Waals surface area contributed by atoms with Gasteiger partial charge in [0.25, 0.3) is 5.91 Å². The Bertz CT molecular complexity index is 1180. The average Bonchev–Trinajstić information content (AvgIpc) is 3.47. The Hall–Kier alpha value is -2.73. The van der Waals surface area contributed by atoms with Crippen molar-refractivity contribution in [1.29, 1.82) is 0 Å². The van der Waals surface area contributed by atoms with Crippen LogP contribution in [-0.4, -0.2) is 64.5 Å². The summed E-state index contributed by atoms with van der Waals surface area (Å²) in [4.78, 5) is 24.2. The molecule has 1 amide bonds. The zero-order valence-corrected chi connectivity index (χ0v) is 20.5. The lowest BCUT2D eigenvalue weighted by molar-refractivity contribution is -0.133. The molecule has 0 radical (unpaired) electrons. The Kier molecular flexibility index (Phi) is 5.75. The van der Waals surface area contributed by atoms with Crippen molar-refractivity contribution in [3.8, 4) is 5.75 Å². The fourth-order valence-electron chi connectivity index (χ4n) is 4.98. The van der Waals surface area contributed by atoms with Crippen LogP contribution in [0.5, 0.6) is 5.75 Å². The standard InChI is InChI=1S/C22H30N6O5S/c1-14-18(13-24-33-14)34(30,31)27-10-8-15(9-11-27)25-21-23-12-17-19(26-21)28(16-6-4-5-7-16)20(29)22(2,3)32-17/h12-13,15-16H,4-11H2,1-3H3,(H,23,25,26). The molecular weight excluding hydrogens is 460 g/mol. The monoisotopic (exact) mass is 490 g/mol. The number of nitrogens with zero attached hydrogens (tertiary/aromatic N) is 5. The first-order chi connectivity index (χ1) is 16.2. The van der Waals surface area contributed by atoms with Crippen LogP contribution < -0.4 is 15.0 Å². The number of anilines is 2. The Morgan fingerprint density at radius 2 is 1.82 bits per heavy atom. The summed E-state index contributed by atoms with van der Waals surface area (Å²) in [5.41, 5.74) is -0.963. The molecule has 2 aromatic heterocycles. The zero-order valence-electron chi connectivity index (χ0n) is 19.7. The van der Waals surface area contributed by atoms with E-state index in [1.165, 1.54) is 10.5 Å². The number of fused-ring (bicyclic) bond motifs is 1. The topological polar surface area (TPSA) is 131 Å². The van der Waals surface area contributed by atoms with Gasteiger partial charge in [0.1, 0.15) is 4.90 Å². The Morgan fingerprint density at radius 1 is 1.12 bits per heavy atom. The minimum absolute atomic E-state index is 0.00431. The van der Waals surface area contributed by atoms with Gasteiger partial charge in [0.05, 0.1) is 12.4 Å². The molecule has 0 unspecified atom stereocenters. The van der Waals surface area contributed by atoms with Crippen molar-refractivity contribution in [2.45, 2.75) is 81.9 Å². The Morgan fingerprint density at radius 3 is 2.47 bits per heavy atom. The number of sulfonamides is 1. The summed E-state index contributed by atoms with van der Waals surface area (Å²) in [5.74, 6) is 1.63. The number of ether oxygens (including phenoxy) is 1. The van der Waals surface area contributed by atoms with Crippen LogP contribution in [0.4, 0.5) is 11.8 Å². The first kappa shape index (κ1) is 23.0. The molecule has 1 aliphatic carbocycles. The third-order valence-corrected chi connectivity index (χ3v) is 8.86. The van der Waals surface area contributed by atoms with Gasteiger partial charge in [0, 0.05) is 25.2 Å². The fourth-order valence-corrected chi connectivity index (χ4v) is 6.53. The van der Waals surface area contributed by atoms with E-state index >= 15 is 0 Å². The second-order valence-electron chi connectivity index (χ2n) is 9.68. The molecule has 3 aliphatic rings. The van der Waals surface area contributed by atoms with Crippen molar-refractivity contribution in [3.05, 3.63) is 18.2 Å². The van der Waals surface area contributed by atoms with Crippen LogP contribution in [0.1, 0.15) is 58.1 Å². The second-order valence-corrected chi connectivity index (χ2v) is 11.6. The van der Waals surface area contributed by atoms with Crippen LogP contribution in [0.3, 0.4) is 0 Å². The number of hydrogen-bond acceptors (Lipinski definition) is 9. The van der Waals surface area contributed by atoms with E-state index in [1.807, 2.05) is 0 Å². The zero-order chi connectivity index (χ0) is 24.1. The van der Waals surface area contributed by atoms with Crippen LogP contribution in [0.25, 0.3) is 0 Å². The van der Waals surface area contributed by atoms with E-state index in [1.54, 1.807) is 31.9 Å². The van der Waals surface area contributed by atoms with E-state index in [4.69, 9.17) is 9.26 Å². The van der Waals surface area contributed by atoms with Crippen LogP contribution in [0.15, 0.2) is 21.8 Å². The van der Waals surface area contributed by atoms with Gasteiger partial charge >= 0.3 is 0 Å². The van der Waals surface area contributed by atoms with Crippen molar-refractivity contribution >= 4 is 27.7 Å². The third kappa shape index (κ3) is 4.02.